The van der Waals surface area contributed by atoms with E-state index in [2.05, 4.69) is 49.7 Å². The SMILES string of the molecule is CCCCC(CC)COC(=O)Nc1ccc(-c2nn3nc(C(C)(C)C)c(N=Nc4c(C#N)cnn4-c4cc(C(=O)O)cc(C(=O)O)c4)c3[nH]2)cc1. The number of rotatable bonds is 13. The molecule has 0 fully saturated rings. The van der Waals surface area contributed by atoms with E-state index < -0.39 is 23.4 Å². The first-order valence-electron chi connectivity index (χ1n) is 16.4. The lowest BCUT2D eigenvalue weighted by Gasteiger charge is -2.15. The molecule has 4 N–H and O–H groups in total. The number of H-pyrrole nitrogens is 1. The minimum atomic E-state index is -1.34. The molecule has 5 rings (SSSR count). The van der Waals surface area contributed by atoms with Crippen molar-refractivity contribution in [2.24, 2.45) is 16.1 Å². The molecule has 0 aliphatic carbocycles. The van der Waals surface area contributed by atoms with Crippen LogP contribution in [0.1, 0.15) is 92.3 Å². The summed E-state index contributed by atoms with van der Waals surface area (Å²) in [5.41, 5.74) is 1.52. The molecule has 1 amide bonds. The van der Waals surface area contributed by atoms with Crippen molar-refractivity contribution < 1.29 is 29.3 Å². The van der Waals surface area contributed by atoms with E-state index in [1.807, 2.05) is 26.8 Å². The lowest BCUT2D eigenvalue weighted by Crippen LogP contribution is -2.18. The van der Waals surface area contributed by atoms with Gasteiger partial charge in [0.25, 0.3) is 0 Å². The van der Waals surface area contributed by atoms with E-state index in [1.165, 1.54) is 23.0 Å². The number of carbonyl (C=O) groups is 3. The Balaban J connectivity index is 1.44. The number of nitrogens with zero attached hydrogens (tertiary/aromatic N) is 8. The van der Waals surface area contributed by atoms with Gasteiger partial charge in [0.2, 0.25) is 0 Å². The molecule has 5 aromatic rings. The number of carboxylic acids is 2. The number of hydrogen-bond acceptors (Lipinski definition) is 10. The number of anilines is 1. The van der Waals surface area contributed by atoms with E-state index in [-0.39, 0.29) is 28.2 Å². The first-order valence-corrected chi connectivity index (χ1v) is 16.4. The Morgan fingerprint density at radius 3 is 2.31 bits per heavy atom. The zero-order chi connectivity index (χ0) is 36.9. The van der Waals surface area contributed by atoms with E-state index in [0.717, 1.165) is 36.4 Å². The van der Waals surface area contributed by atoms with Gasteiger partial charge in [0.15, 0.2) is 23.0 Å². The van der Waals surface area contributed by atoms with Crippen LogP contribution in [-0.2, 0) is 10.2 Å². The Kier molecular flexibility index (Phi) is 10.6. The minimum Gasteiger partial charge on any atom is -0.478 e. The highest BCUT2D eigenvalue weighted by Crippen LogP contribution is 2.36. The second kappa shape index (κ2) is 15.0. The number of hydrogen-bond donors (Lipinski definition) is 4. The molecule has 0 aliphatic rings. The van der Waals surface area contributed by atoms with E-state index in [0.29, 0.717) is 46.6 Å². The monoisotopic (exact) mass is 694 g/mol. The highest BCUT2D eigenvalue weighted by molar-refractivity contribution is 5.95. The maximum atomic E-state index is 12.4. The van der Waals surface area contributed by atoms with Crippen molar-refractivity contribution in [3.05, 3.63) is 71.0 Å². The van der Waals surface area contributed by atoms with Crippen LogP contribution in [0.5, 0.6) is 0 Å². The van der Waals surface area contributed by atoms with Gasteiger partial charge in [-0.25, -0.2) is 19.1 Å². The number of carboxylic acid groups (broad SMARTS) is 2. The topological polar surface area (TPSA) is 225 Å². The quantitative estimate of drug-likeness (QED) is 0.0880. The van der Waals surface area contributed by atoms with Gasteiger partial charge in [-0.2, -0.15) is 15.5 Å². The van der Waals surface area contributed by atoms with Crippen LogP contribution in [0.2, 0.25) is 0 Å². The van der Waals surface area contributed by atoms with Gasteiger partial charge >= 0.3 is 18.0 Å². The van der Waals surface area contributed by atoms with Crippen molar-refractivity contribution in [1.82, 2.24) is 29.6 Å². The van der Waals surface area contributed by atoms with Crippen molar-refractivity contribution in [1.29, 1.82) is 5.26 Å². The molecule has 0 bridgehead atoms. The van der Waals surface area contributed by atoms with Gasteiger partial charge < -0.3 is 19.9 Å². The number of nitrogens with one attached hydrogen (secondary N) is 2. The van der Waals surface area contributed by atoms with Crippen LogP contribution in [-0.4, -0.2) is 64.4 Å². The summed E-state index contributed by atoms with van der Waals surface area (Å²) in [6, 6.07) is 12.5. The molecular formula is C35H38N10O6. The number of azo groups is 1. The summed E-state index contributed by atoms with van der Waals surface area (Å²) in [6.45, 7) is 10.4. The molecule has 2 aromatic carbocycles. The first kappa shape index (κ1) is 35.9. The number of carbonyl (C=O) groups excluding carboxylic acids is 1. The largest absolute Gasteiger partial charge is 0.478 e. The maximum absolute atomic E-state index is 12.4. The summed E-state index contributed by atoms with van der Waals surface area (Å²) >= 11 is 0. The Morgan fingerprint density at radius 2 is 1.73 bits per heavy atom. The van der Waals surface area contributed by atoms with Crippen molar-refractivity contribution in [2.75, 3.05) is 11.9 Å². The maximum Gasteiger partial charge on any atom is 0.411 e. The van der Waals surface area contributed by atoms with Gasteiger partial charge in [-0.15, -0.1) is 20.0 Å². The molecular weight excluding hydrogens is 656 g/mol. The second-order valence-electron chi connectivity index (χ2n) is 13.0. The molecule has 0 radical (unpaired) electrons. The molecule has 0 saturated heterocycles. The van der Waals surface area contributed by atoms with E-state index >= 15 is 0 Å². The number of benzene rings is 2. The van der Waals surface area contributed by atoms with Crippen LogP contribution in [0.3, 0.4) is 0 Å². The number of aromatic carboxylic acids is 2. The van der Waals surface area contributed by atoms with Gasteiger partial charge in [-0.3, -0.25) is 5.32 Å². The number of aromatic amines is 1. The number of unbranched alkanes of at least 4 members (excludes halogenated alkanes) is 1. The molecule has 264 valence electrons. The minimum absolute atomic E-state index is 0.0154. The molecule has 16 heteroatoms. The predicted molar refractivity (Wildman–Crippen MR) is 186 cm³/mol. The Hall–Kier alpha value is -6.37. The van der Waals surface area contributed by atoms with Crippen molar-refractivity contribution >= 4 is 40.9 Å². The van der Waals surface area contributed by atoms with E-state index in [1.54, 1.807) is 24.3 Å². The number of fused-ring (bicyclic) bond motifs is 1. The summed E-state index contributed by atoms with van der Waals surface area (Å²) in [5.74, 6) is -1.94. The molecule has 0 saturated carbocycles. The number of ether oxygens (including phenoxy) is 1. The summed E-state index contributed by atoms with van der Waals surface area (Å²) in [4.78, 5) is 39.1. The van der Waals surface area contributed by atoms with Crippen molar-refractivity contribution in [3.63, 3.8) is 0 Å². The Morgan fingerprint density at radius 1 is 1.04 bits per heavy atom. The third kappa shape index (κ3) is 8.10. The van der Waals surface area contributed by atoms with Gasteiger partial charge in [-0.05, 0) is 54.8 Å². The van der Waals surface area contributed by atoms with Gasteiger partial charge in [0.1, 0.15) is 11.6 Å². The van der Waals surface area contributed by atoms with Crippen LogP contribution in [0.4, 0.5) is 22.0 Å². The molecule has 0 spiro atoms. The molecule has 1 unspecified atom stereocenters. The fourth-order valence-corrected chi connectivity index (χ4v) is 5.28. The molecule has 1 atom stereocenters. The Labute approximate surface area is 292 Å². The average molecular weight is 695 g/mol. The molecule has 16 nitrogen and oxygen atoms in total. The fraction of sp³-hybridized carbons (Fsp3) is 0.343. The summed E-state index contributed by atoms with van der Waals surface area (Å²) < 4.78 is 8.00. The third-order valence-corrected chi connectivity index (χ3v) is 8.15. The number of nitriles is 1. The van der Waals surface area contributed by atoms with Crippen molar-refractivity contribution in [3.8, 4) is 23.1 Å². The zero-order valence-corrected chi connectivity index (χ0v) is 28.8. The average Bonchev–Trinajstić information content (AvgIpc) is 3.80. The smallest absolute Gasteiger partial charge is 0.411 e. The molecule has 3 aromatic heterocycles. The number of amides is 1. The Bertz CT molecular complexity index is 2120. The molecule has 51 heavy (non-hydrogen) atoms. The fourth-order valence-electron chi connectivity index (χ4n) is 5.28. The third-order valence-electron chi connectivity index (χ3n) is 8.15. The second-order valence-corrected chi connectivity index (χ2v) is 13.0. The van der Waals surface area contributed by atoms with Crippen LogP contribution in [0.15, 0.2) is 58.9 Å². The standard InChI is InChI=1S/C35H38N10O6/c1-6-8-9-20(7-2)19-51-34(50)38-25-12-10-21(11-13-25)29-39-31-27(28(35(3,4)5)42-45(31)43-29)40-41-30-24(17-36)18-37-44(30)26-15-22(32(46)47)14-23(16-26)33(48)49/h10-16,18,20H,6-9,19H2,1-5H3,(H,38,50)(H,39,43)(H,46,47)(H,48,49). The predicted octanol–water partition coefficient (Wildman–Crippen LogP) is 7.66. The van der Waals surface area contributed by atoms with Gasteiger partial charge in [0.05, 0.1) is 35.3 Å². The highest BCUT2D eigenvalue weighted by Gasteiger charge is 2.27. The first-order chi connectivity index (χ1) is 24.3. The van der Waals surface area contributed by atoms with Gasteiger partial charge in [-0.1, -0.05) is 53.9 Å². The number of aromatic nitrogens is 6. The summed E-state index contributed by atoms with van der Waals surface area (Å²) in [7, 11) is 0. The van der Waals surface area contributed by atoms with Gasteiger partial charge in [0, 0.05) is 16.7 Å². The lowest BCUT2D eigenvalue weighted by atomic mass is 9.91. The molecule has 3 heterocycles. The van der Waals surface area contributed by atoms with Crippen molar-refractivity contribution in [2.45, 2.75) is 65.7 Å². The zero-order valence-electron chi connectivity index (χ0n) is 28.8. The van der Waals surface area contributed by atoms with Crippen LogP contribution >= 0.6 is 0 Å². The van der Waals surface area contributed by atoms with Crippen LogP contribution < -0.4 is 5.32 Å². The van der Waals surface area contributed by atoms with E-state index in [9.17, 15) is 29.9 Å². The van der Waals surface area contributed by atoms with E-state index in [4.69, 9.17) is 4.74 Å². The lowest BCUT2D eigenvalue weighted by molar-refractivity contribution is 0.0696. The van der Waals surface area contributed by atoms with Crippen LogP contribution in [0.25, 0.3) is 22.7 Å². The van der Waals surface area contributed by atoms with Crippen LogP contribution in [0, 0.1) is 17.2 Å². The summed E-state index contributed by atoms with van der Waals surface area (Å²) in [5, 5.41) is 54.0. The summed E-state index contributed by atoms with van der Waals surface area (Å²) in [6.07, 6.45) is 4.87. The normalized spacial score (nSPS) is 12.2. The highest BCUT2D eigenvalue weighted by atomic mass is 16.5. The molecule has 0 aliphatic heterocycles.